The lowest BCUT2D eigenvalue weighted by molar-refractivity contribution is 0.0783. The largest absolute Gasteiger partial charge is 0.336 e. The van der Waals surface area contributed by atoms with Crippen molar-refractivity contribution in [1.82, 2.24) is 14.7 Å². The van der Waals surface area contributed by atoms with E-state index in [1.807, 2.05) is 48.1 Å². The second kappa shape index (κ2) is 4.68. The van der Waals surface area contributed by atoms with Crippen LogP contribution in [0.4, 0.5) is 0 Å². The highest BCUT2D eigenvalue weighted by atomic mass is 16.2. The first-order chi connectivity index (χ1) is 11.7. The molecule has 2 heterocycles. The summed E-state index contributed by atoms with van der Waals surface area (Å²) in [5.74, 6) is 0.00366. The molecule has 0 fully saturated rings. The van der Waals surface area contributed by atoms with Gasteiger partial charge in [-0.1, -0.05) is 42.5 Å². The summed E-state index contributed by atoms with van der Waals surface area (Å²) in [6.07, 6.45) is 0. The maximum absolute atomic E-state index is 12.9. The van der Waals surface area contributed by atoms with E-state index in [0.717, 1.165) is 27.5 Å². The van der Waals surface area contributed by atoms with Crippen molar-refractivity contribution in [3.63, 3.8) is 0 Å². The molecule has 1 aliphatic rings. The summed E-state index contributed by atoms with van der Waals surface area (Å²) in [4.78, 5) is 14.7. The normalized spacial score (nSPS) is 13.9. The Balaban J connectivity index is 1.92. The van der Waals surface area contributed by atoms with E-state index in [1.54, 1.807) is 4.90 Å². The summed E-state index contributed by atoms with van der Waals surface area (Å²) in [6, 6.07) is 20.4. The van der Waals surface area contributed by atoms with Gasteiger partial charge in [-0.2, -0.15) is 5.10 Å². The van der Waals surface area contributed by atoms with Crippen LogP contribution in [0.25, 0.3) is 27.4 Å². The molecule has 1 aliphatic heterocycles. The fourth-order valence-electron chi connectivity index (χ4n) is 3.52. The van der Waals surface area contributed by atoms with Gasteiger partial charge in [-0.25, -0.2) is 4.68 Å². The van der Waals surface area contributed by atoms with E-state index >= 15 is 0 Å². The summed E-state index contributed by atoms with van der Waals surface area (Å²) < 4.78 is 1.82. The first-order valence-electron chi connectivity index (χ1n) is 7.97. The van der Waals surface area contributed by atoms with Crippen molar-refractivity contribution in [3.8, 4) is 5.69 Å². The number of carbonyl (C=O) groups is 1. The first-order valence-corrected chi connectivity index (χ1v) is 7.97. The second-order valence-electron chi connectivity index (χ2n) is 6.27. The molecule has 0 spiro atoms. The van der Waals surface area contributed by atoms with Gasteiger partial charge in [0, 0.05) is 19.0 Å². The van der Waals surface area contributed by atoms with Gasteiger partial charge in [-0.3, -0.25) is 4.79 Å². The Morgan fingerprint density at radius 1 is 0.958 bits per heavy atom. The van der Waals surface area contributed by atoms with Crippen LogP contribution in [0, 0.1) is 0 Å². The Labute approximate surface area is 138 Å². The highest BCUT2D eigenvalue weighted by molar-refractivity contribution is 6.06. The third-order valence-corrected chi connectivity index (χ3v) is 4.71. The Bertz CT molecular complexity index is 1130. The van der Waals surface area contributed by atoms with Gasteiger partial charge >= 0.3 is 0 Å². The van der Waals surface area contributed by atoms with Crippen LogP contribution in [0.5, 0.6) is 0 Å². The van der Waals surface area contributed by atoms with E-state index < -0.39 is 0 Å². The van der Waals surface area contributed by atoms with Crippen molar-refractivity contribution in [2.75, 3.05) is 7.05 Å². The van der Waals surface area contributed by atoms with Crippen LogP contribution in [0.2, 0.25) is 0 Å². The molecule has 0 unspecified atom stereocenters. The van der Waals surface area contributed by atoms with E-state index in [2.05, 4.69) is 24.3 Å². The molecule has 24 heavy (non-hydrogen) atoms. The molecule has 0 atom stereocenters. The molecule has 116 valence electrons. The minimum absolute atomic E-state index is 0.00366. The van der Waals surface area contributed by atoms with Gasteiger partial charge in [0.1, 0.15) is 5.69 Å². The van der Waals surface area contributed by atoms with Crippen molar-refractivity contribution >= 4 is 27.6 Å². The van der Waals surface area contributed by atoms with Crippen molar-refractivity contribution < 1.29 is 4.79 Å². The fourth-order valence-corrected chi connectivity index (χ4v) is 3.52. The minimum Gasteiger partial charge on any atom is -0.336 e. The first kappa shape index (κ1) is 13.3. The average Bonchev–Trinajstić information content (AvgIpc) is 2.95. The van der Waals surface area contributed by atoms with Crippen molar-refractivity contribution in [3.05, 3.63) is 71.9 Å². The van der Waals surface area contributed by atoms with E-state index in [1.165, 1.54) is 5.39 Å². The molecule has 1 amide bonds. The topological polar surface area (TPSA) is 38.1 Å². The summed E-state index contributed by atoms with van der Waals surface area (Å²) in [5, 5.41) is 7.94. The van der Waals surface area contributed by atoms with E-state index in [0.29, 0.717) is 12.2 Å². The summed E-state index contributed by atoms with van der Waals surface area (Å²) >= 11 is 0. The predicted octanol–water partition coefficient (Wildman–Crippen LogP) is 3.76. The Kier molecular flexibility index (Phi) is 2.59. The molecule has 0 bridgehead atoms. The molecule has 0 saturated carbocycles. The molecule has 0 saturated heterocycles. The number of hydrogen-bond donors (Lipinski definition) is 0. The van der Waals surface area contributed by atoms with Crippen LogP contribution in [0.3, 0.4) is 0 Å². The molecule has 3 aromatic carbocycles. The quantitative estimate of drug-likeness (QED) is 0.496. The molecule has 5 rings (SSSR count). The molecular formula is C20H15N3O. The van der Waals surface area contributed by atoms with Gasteiger partial charge in [0.25, 0.3) is 5.91 Å². The van der Waals surface area contributed by atoms with Crippen LogP contribution in [-0.4, -0.2) is 27.6 Å². The van der Waals surface area contributed by atoms with E-state index in [-0.39, 0.29) is 5.91 Å². The van der Waals surface area contributed by atoms with Crippen LogP contribution in [-0.2, 0) is 6.54 Å². The van der Waals surface area contributed by atoms with Crippen LogP contribution >= 0.6 is 0 Å². The third-order valence-electron chi connectivity index (χ3n) is 4.71. The van der Waals surface area contributed by atoms with Gasteiger partial charge in [0.15, 0.2) is 0 Å². The average molecular weight is 313 g/mol. The third kappa shape index (κ3) is 1.74. The highest BCUT2D eigenvalue weighted by Crippen LogP contribution is 2.31. The number of amides is 1. The highest BCUT2D eigenvalue weighted by Gasteiger charge is 2.27. The van der Waals surface area contributed by atoms with E-state index in [9.17, 15) is 4.79 Å². The molecule has 4 aromatic rings. The molecule has 4 nitrogen and oxygen atoms in total. The number of aromatic nitrogens is 2. The number of fused-ring (bicyclic) bond motifs is 6. The minimum atomic E-state index is 0.00366. The summed E-state index contributed by atoms with van der Waals surface area (Å²) in [7, 11) is 1.85. The van der Waals surface area contributed by atoms with Crippen LogP contribution in [0.1, 0.15) is 16.1 Å². The van der Waals surface area contributed by atoms with Crippen LogP contribution in [0.15, 0.2) is 60.7 Å². The lowest BCUT2D eigenvalue weighted by Crippen LogP contribution is -2.25. The van der Waals surface area contributed by atoms with Crippen molar-refractivity contribution in [1.29, 1.82) is 0 Å². The summed E-state index contributed by atoms with van der Waals surface area (Å²) in [5.41, 5.74) is 3.58. The molecular weight excluding hydrogens is 298 g/mol. The fraction of sp³-hybridized carbons (Fsp3) is 0.100. The van der Waals surface area contributed by atoms with Crippen molar-refractivity contribution in [2.24, 2.45) is 0 Å². The number of nitrogens with zero attached hydrogens (tertiary/aromatic N) is 3. The number of benzene rings is 3. The van der Waals surface area contributed by atoms with Crippen molar-refractivity contribution in [2.45, 2.75) is 6.54 Å². The Hall–Kier alpha value is -3.14. The zero-order valence-electron chi connectivity index (χ0n) is 13.2. The summed E-state index contributed by atoms with van der Waals surface area (Å²) in [6.45, 7) is 0.580. The van der Waals surface area contributed by atoms with Crippen LogP contribution < -0.4 is 0 Å². The van der Waals surface area contributed by atoms with Gasteiger partial charge in [0.05, 0.1) is 11.2 Å². The zero-order valence-corrected chi connectivity index (χ0v) is 13.2. The maximum atomic E-state index is 12.9. The number of hydrogen-bond acceptors (Lipinski definition) is 2. The predicted molar refractivity (Wildman–Crippen MR) is 94.4 cm³/mol. The standard InChI is InChI=1S/C20H15N3O/c1-22-12-15-10-13-6-2-3-7-14(13)11-18(15)23-19(20(22)24)16-8-4-5-9-17(16)21-23/h2-11H,12H2,1H3. The monoisotopic (exact) mass is 313 g/mol. The second-order valence-corrected chi connectivity index (χ2v) is 6.27. The van der Waals surface area contributed by atoms with Gasteiger partial charge in [-0.15, -0.1) is 0 Å². The molecule has 4 heteroatoms. The number of carbonyl (C=O) groups excluding carboxylic acids is 1. The Morgan fingerprint density at radius 2 is 1.67 bits per heavy atom. The van der Waals surface area contributed by atoms with Gasteiger partial charge in [0.2, 0.25) is 0 Å². The molecule has 0 aliphatic carbocycles. The smallest absolute Gasteiger partial charge is 0.273 e. The van der Waals surface area contributed by atoms with E-state index in [4.69, 9.17) is 5.10 Å². The lowest BCUT2D eigenvalue weighted by Gasteiger charge is -2.14. The lowest BCUT2D eigenvalue weighted by atomic mass is 10.0. The zero-order chi connectivity index (χ0) is 16.3. The SMILES string of the molecule is CN1Cc2cc3ccccc3cc2-n2nc3ccccc3c2C1=O. The number of rotatable bonds is 0. The molecule has 0 radical (unpaired) electrons. The maximum Gasteiger partial charge on any atom is 0.273 e. The Morgan fingerprint density at radius 3 is 2.50 bits per heavy atom. The van der Waals surface area contributed by atoms with Gasteiger partial charge < -0.3 is 4.90 Å². The van der Waals surface area contributed by atoms with Gasteiger partial charge in [-0.05, 0) is 34.5 Å². The molecule has 0 N–H and O–H groups in total. The molecule has 1 aromatic heterocycles.